The molecular formula is C24H25ClN2O4. The highest BCUT2D eigenvalue weighted by Crippen LogP contribution is 2.39. The summed E-state index contributed by atoms with van der Waals surface area (Å²) in [5, 5.41) is 10.7. The first-order chi connectivity index (χ1) is 15.1. The number of amides is 1. The second-order valence-electron chi connectivity index (χ2n) is 7.41. The molecule has 2 N–H and O–H groups in total. The fourth-order valence-corrected chi connectivity index (χ4v) is 4.19. The van der Waals surface area contributed by atoms with Gasteiger partial charge in [0.15, 0.2) is 0 Å². The number of H-pyrrole nitrogens is 1. The summed E-state index contributed by atoms with van der Waals surface area (Å²) < 4.78 is 11.0. The number of aromatic nitrogens is 1. The molecule has 0 fully saturated rings. The lowest BCUT2D eigenvalue weighted by Crippen LogP contribution is -2.41. The van der Waals surface area contributed by atoms with Crippen LogP contribution in [-0.2, 0) is 11.2 Å². The van der Waals surface area contributed by atoms with Gasteiger partial charge in [0.25, 0.3) is 0 Å². The second kappa shape index (κ2) is 9.45. The molecule has 3 aromatic rings. The van der Waals surface area contributed by atoms with Crippen molar-refractivity contribution in [1.82, 2.24) is 9.88 Å². The van der Waals surface area contributed by atoms with Crippen LogP contribution in [0.15, 0.2) is 55.1 Å². The lowest BCUT2D eigenvalue weighted by Gasteiger charge is -2.35. The van der Waals surface area contributed by atoms with Gasteiger partial charge in [-0.15, -0.1) is 0 Å². The summed E-state index contributed by atoms with van der Waals surface area (Å²) in [5.41, 5.74) is 4.07. The molecule has 1 atom stereocenters. The second-order valence-corrected chi connectivity index (χ2v) is 7.85. The van der Waals surface area contributed by atoms with Crippen LogP contribution >= 0.6 is 11.6 Å². The summed E-state index contributed by atoms with van der Waals surface area (Å²) in [6.45, 7) is 4.86. The van der Waals surface area contributed by atoms with Crippen LogP contribution in [0, 0.1) is 0 Å². The molecule has 0 saturated carbocycles. The van der Waals surface area contributed by atoms with Crippen molar-refractivity contribution < 1.29 is 19.4 Å². The number of aliphatic hydroxyl groups excluding tert-OH is 1. The van der Waals surface area contributed by atoms with Crippen molar-refractivity contribution in [3.05, 3.63) is 77.0 Å². The minimum atomic E-state index is -0.379. The zero-order chi connectivity index (χ0) is 21.8. The molecule has 6 nitrogen and oxygen atoms in total. The summed E-state index contributed by atoms with van der Waals surface area (Å²) >= 11 is 6.24. The van der Waals surface area contributed by atoms with Crippen molar-refractivity contribution in [2.24, 2.45) is 0 Å². The van der Waals surface area contributed by atoms with Gasteiger partial charge in [-0.1, -0.05) is 36.4 Å². The maximum absolute atomic E-state index is 12.8. The number of nitrogens with zero attached hydrogens (tertiary/aromatic N) is 1. The number of ether oxygens (including phenoxy) is 2. The molecule has 0 bridgehead atoms. The minimum absolute atomic E-state index is 0.0924. The van der Waals surface area contributed by atoms with E-state index in [1.54, 1.807) is 11.0 Å². The molecule has 1 aliphatic heterocycles. The van der Waals surface area contributed by atoms with Gasteiger partial charge in [-0.2, -0.15) is 0 Å². The molecular weight excluding hydrogens is 416 g/mol. The van der Waals surface area contributed by atoms with Crippen LogP contribution in [0.1, 0.15) is 29.3 Å². The number of hydrogen-bond acceptors (Lipinski definition) is 4. The molecule has 2 aromatic carbocycles. The average Bonchev–Trinajstić information content (AvgIpc) is 3.15. The van der Waals surface area contributed by atoms with E-state index in [1.807, 2.05) is 42.5 Å². The first-order valence-corrected chi connectivity index (χ1v) is 10.7. The third-order valence-corrected chi connectivity index (χ3v) is 5.65. The Morgan fingerprint density at radius 3 is 2.84 bits per heavy atom. The molecule has 0 aliphatic carbocycles. The van der Waals surface area contributed by atoms with E-state index >= 15 is 0 Å². The van der Waals surface area contributed by atoms with Crippen molar-refractivity contribution >= 4 is 28.6 Å². The molecule has 2 heterocycles. The average molecular weight is 441 g/mol. The lowest BCUT2D eigenvalue weighted by atomic mass is 9.92. The Bertz CT molecular complexity index is 1080. The smallest absolute Gasteiger partial charge is 0.410 e. The largest absolute Gasteiger partial charge is 0.494 e. The predicted octanol–water partition coefficient (Wildman–Crippen LogP) is 4.85. The molecule has 162 valence electrons. The highest BCUT2D eigenvalue weighted by molar-refractivity contribution is 6.31. The Labute approximate surface area is 186 Å². The number of carbonyl (C=O) groups excluding carboxylic acids is 1. The Hall–Kier alpha value is -2.96. The van der Waals surface area contributed by atoms with Gasteiger partial charge in [0, 0.05) is 41.2 Å². The van der Waals surface area contributed by atoms with Crippen molar-refractivity contribution in [1.29, 1.82) is 0 Å². The Morgan fingerprint density at radius 2 is 2.10 bits per heavy atom. The third kappa shape index (κ3) is 4.40. The molecule has 0 spiro atoms. The van der Waals surface area contributed by atoms with E-state index < -0.39 is 0 Å². The van der Waals surface area contributed by atoms with Crippen LogP contribution in [0.25, 0.3) is 10.9 Å². The maximum Gasteiger partial charge on any atom is 0.410 e. The zero-order valence-electron chi connectivity index (χ0n) is 17.1. The highest BCUT2D eigenvalue weighted by Gasteiger charge is 2.35. The summed E-state index contributed by atoms with van der Waals surface area (Å²) in [5.74, 6) is 0.720. The number of carbonyl (C=O) groups is 1. The molecule has 1 amide bonds. The Kier molecular flexibility index (Phi) is 6.49. The number of aromatic amines is 1. The molecule has 0 radical (unpaired) electrons. The molecule has 1 aliphatic rings. The van der Waals surface area contributed by atoms with Crippen LogP contribution in [0.4, 0.5) is 4.79 Å². The fourth-order valence-electron chi connectivity index (χ4n) is 4.02. The Balaban J connectivity index is 1.72. The van der Waals surface area contributed by atoms with E-state index in [2.05, 4.69) is 11.6 Å². The van der Waals surface area contributed by atoms with Crippen LogP contribution < -0.4 is 4.74 Å². The van der Waals surface area contributed by atoms with Gasteiger partial charge in [0.2, 0.25) is 0 Å². The molecule has 1 unspecified atom stereocenters. The summed E-state index contributed by atoms with van der Waals surface area (Å²) in [6, 6.07) is 13.1. The van der Waals surface area contributed by atoms with Crippen molar-refractivity contribution in [3.63, 3.8) is 0 Å². The molecule has 31 heavy (non-hydrogen) atoms. The predicted molar refractivity (Wildman–Crippen MR) is 121 cm³/mol. The quantitative estimate of drug-likeness (QED) is 0.406. The van der Waals surface area contributed by atoms with Gasteiger partial charge in [-0.3, -0.25) is 4.90 Å². The van der Waals surface area contributed by atoms with Gasteiger partial charge in [0.05, 0.1) is 6.61 Å². The summed E-state index contributed by atoms with van der Waals surface area (Å²) in [6.07, 6.45) is 2.47. The Morgan fingerprint density at radius 1 is 1.29 bits per heavy atom. The molecule has 4 rings (SSSR count). The number of benzene rings is 2. The third-order valence-electron chi connectivity index (χ3n) is 5.42. The zero-order valence-corrected chi connectivity index (χ0v) is 17.9. The highest BCUT2D eigenvalue weighted by atomic mass is 35.5. The van der Waals surface area contributed by atoms with Crippen molar-refractivity contribution in [3.8, 4) is 5.75 Å². The minimum Gasteiger partial charge on any atom is -0.494 e. The van der Waals surface area contributed by atoms with Crippen LogP contribution in [-0.4, -0.2) is 47.4 Å². The van der Waals surface area contributed by atoms with E-state index in [4.69, 9.17) is 26.2 Å². The maximum atomic E-state index is 12.8. The van der Waals surface area contributed by atoms with E-state index in [9.17, 15) is 4.79 Å². The standard InChI is InChI=1S/C24H25ClN2O4/c1-2-13-31-24(29)27-11-10-19-20-15-17(25)6-9-21(20)26-22(19)23(27)16-4-7-18(8-5-16)30-14-3-12-28/h2,4-9,15,23,26,28H,1,3,10-14H2. The van der Waals surface area contributed by atoms with Gasteiger partial charge >= 0.3 is 6.09 Å². The van der Waals surface area contributed by atoms with Crippen LogP contribution in [0.5, 0.6) is 5.75 Å². The number of hydrogen-bond donors (Lipinski definition) is 2. The monoisotopic (exact) mass is 440 g/mol. The first kappa shape index (κ1) is 21.3. The van der Waals surface area contributed by atoms with Crippen LogP contribution in [0.2, 0.25) is 5.02 Å². The fraction of sp³-hybridized carbons (Fsp3) is 0.292. The lowest BCUT2D eigenvalue weighted by molar-refractivity contribution is 0.0979. The number of aliphatic hydroxyl groups is 1. The first-order valence-electron chi connectivity index (χ1n) is 10.3. The molecule has 7 heteroatoms. The summed E-state index contributed by atoms with van der Waals surface area (Å²) in [4.78, 5) is 18.1. The number of fused-ring (bicyclic) bond motifs is 3. The topological polar surface area (TPSA) is 74.8 Å². The van der Waals surface area contributed by atoms with Gasteiger partial charge in [0.1, 0.15) is 18.4 Å². The van der Waals surface area contributed by atoms with Gasteiger partial charge < -0.3 is 19.6 Å². The molecule has 0 saturated heterocycles. The van der Waals surface area contributed by atoms with E-state index in [-0.39, 0.29) is 25.3 Å². The normalized spacial score (nSPS) is 15.5. The number of halogens is 1. The van der Waals surface area contributed by atoms with E-state index in [0.717, 1.165) is 27.9 Å². The summed E-state index contributed by atoms with van der Waals surface area (Å²) in [7, 11) is 0. The van der Waals surface area contributed by atoms with E-state index in [0.29, 0.717) is 31.0 Å². The SMILES string of the molecule is C=CCOC(=O)N1CCc2c([nH]c3ccc(Cl)cc23)C1c1ccc(OCCCO)cc1. The van der Waals surface area contributed by atoms with Gasteiger partial charge in [-0.25, -0.2) is 4.79 Å². The van der Waals surface area contributed by atoms with E-state index in [1.165, 1.54) is 5.56 Å². The van der Waals surface area contributed by atoms with Crippen molar-refractivity contribution in [2.45, 2.75) is 18.9 Å². The van der Waals surface area contributed by atoms with Crippen LogP contribution in [0.3, 0.4) is 0 Å². The van der Waals surface area contributed by atoms with Gasteiger partial charge in [-0.05, 0) is 47.9 Å². The number of nitrogens with one attached hydrogen (secondary N) is 1. The number of rotatable bonds is 7. The molecule has 1 aromatic heterocycles. The van der Waals surface area contributed by atoms with Crippen molar-refractivity contribution in [2.75, 3.05) is 26.4 Å².